The van der Waals surface area contributed by atoms with Gasteiger partial charge in [-0.05, 0) is 18.3 Å². The second-order valence-electron chi connectivity index (χ2n) is 4.58. The molecule has 1 fully saturated rings. The van der Waals surface area contributed by atoms with Gasteiger partial charge in [-0.15, -0.1) is 12.3 Å². The third kappa shape index (κ3) is 2.05. The van der Waals surface area contributed by atoms with Gasteiger partial charge in [0.05, 0.1) is 11.8 Å². The van der Waals surface area contributed by atoms with Gasteiger partial charge in [0.1, 0.15) is 0 Å². The highest BCUT2D eigenvalue weighted by atomic mass is 16.4. The van der Waals surface area contributed by atoms with E-state index in [1.165, 1.54) is 0 Å². The van der Waals surface area contributed by atoms with Crippen molar-refractivity contribution in [2.75, 3.05) is 6.54 Å². The summed E-state index contributed by atoms with van der Waals surface area (Å²) in [5, 5.41) is 11.9. The number of rotatable bonds is 4. The van der Waals surface area contributed by atoms with Gasteiger partial charge in [0.15, 0.2) is 0 Å². The number of aliphatic carboxylic acids is 1. The first-order valence-corrected chi connectivity index (χ1v) is 5.77. The second kappa shape index (κ2) is 4.62. The predicted octanol–water partition coefficient (Wildman–Crippen LogP) is 0.649. The van der Waals surface area contributed by atoms with Crippen molar-refractivity contribution in [3.8, 4) is 12.3 Å². The van der Waals surface area contributed by atoms with Crippen molar-refractivity contribution in [1.29, 1.82) is 0 Å². The van der Waals surface area contributed by atoms with Crippen LogP contribution in [0.25, 0.3) is 0 Å². The number of carboxylic acid groups (broad SMARTS) is 1. The highest BCUT2D eigenvalue weighted by molar-refractivity contribution is 5.86. The van der Waals surface area contributed by atoms with Gasteiger partial charge in [0.25, 0.3) is 0 Å². The number of carbonyl (C=O) groups excluding carboxylic acids is 1. The van der Waals surface area contributed by atoms with E-state index < -0.39 is 17.8 Å². The fraction of sp³-hybridized carbons (Fsp3) is 0.538. The van der Waals surface area contributed by atoms with Crippen LogP contribution in [-0.4, -0.2) is 23.5 Å². The number of carbonyl (C=O) groups is 2. The highest BCUT2D eigenvalue weighted by Crippen LogP contribution is 2.48. The quantitative estimate of drug-likeness (QED) is 0.425. The smallest absolute Gasteiger partial charge is 0.307 e. The molecular weight excluding hydrogens is 218 g/mol. The Bertz CT molecular complexity index is 407. The normalized spacial score (nSPS) is 33.4. The molecule has 0 aromatic carbocycles. The average Bonchev–Trinajstić information content (AvgIpc) is 2.88. The van der Waals surface area contributed by atoms with E-state index >= 15 is 0 Å². The number of hydrogen-bond donors (Lipinski definition) is 2. The van der Waals surface area contributed by atoms with Crippen molar-refractivity contribution in [2.45, 2.75) is 12.8 Å². The van der Waals surface area contributed by atoms with Gasteiger partial charge >= 0.3 is 5.97 Å². The number of fused-ring (bicyclic) bond motifs is 2. The summed E-state index contributed by atoms with van der Waals surface area (Å²) in [6, 6.07) is 0. The molecule has 2 N–H and O–H groups in total. The predicted molar refractivity (Wildman–Crippen MR) is 61.8 cm³/mol. The van der Waals surface area contributed by atoms with Gasteiger partial charge in [-0.3, -0.25) is 9.59 Å². The summed E-state index contributed by atoms with van der Waals surface area (Å²) < 4.78 is 0. The Morgan fingerprint density at radius 1 is 1.35 bits per heavy atom. The zero-order valence-electron chi connectivity index (χ0n) is 9.43. The molecule has 0 spiro atoms. The van der Waals surface area contributed by atoms with E-state index in [4.69, 9.17) is 6.42 Å². The van der Waals surface area contributed by atoms with Crippen molar-refractivity contribution >= 4 is 11.9 Å². The summed E-state index contributed by atoms with van der Waals surface area (Å²) in [5.41, 5.74) is 0. The average molecular weight is 233 g/mol. The summed E-state index contributed by atoms with van der Waals surface area (Å²) >= 11 is 0. The molecule has 0 radical (unpaired) electrons. The van der Waals surface area contributed by atoms with E-state index in [0.717, 1.165) is 6.42 Å². The Morgan fingerprint density at radius 2 is 2.00 bits per heavy atom. The van der Waals surface area contributed by atoms with Crippen LogP contribution in [0.5, 0.6) is 0 Å². The Hall–Kier alpha value is -1.76. The molecule has 17 heavy (non-hydrogen) atoms. The Balaban J connectivity index is 2.04. The van der Waals surface area contributed by atoms with Crippen molar-refractivity contribution in [2.24, 2.45) is 23.7 Å². The standard InChI is InChI=1S/C13H15NO3/c1-2-3-6-14-12(15)10-8-4-5-9(7-8)11(10)13(16)17/h1,4-5,8-11H,3,6-7H2,(H,14,15)(H,16,17). The molecule has 2 rings (SSSR count). The van der Waals surface area contributed by atoms with Crippen molar-refractivity contribution in [3.05, 3.63) is 12.2 Å². The van der Waals surface area contributed by atoms with Gasteiger partial charge in [-0.2, -0.15) is 0 Å². The molecular formula is C13H15NO3. The minimum absolute atomic E-state index is 0.0147. The van der Waals surface area contributed by atoms with Crippen LogP contribution >= 0.6 is 0 Å². The van der Waals surface area contributed by atoms with Crippen LogP contribution in [0, 0.1) is 36.0 Å². The van der Waals surface area contributed by atoms with Crippen LogP contribution in [0.15, 0.2) is 12.2 Å². The van der Waals surface area contributed by atoms with E-state index in [2.05, 4.69) is 11.2 Å². The first kappa shape index (κ1) is 11.7. The van der Waals surface area contributed by atoms with Crippen molar-refractivity contribution in [3.63, 3.8) is 0 Å². The number of nitrogens with one attached hydrogen (secondary N) is 1. The first-order chi connectivity index (χ1) is 8.15. The van der Waals surface area contributed by atoms with Gasteiger partial charge < -0.3 is 10.4 Å². The molecule has 4 unspecified atom stereocenters. The number of amides is 1. The summed E-state index contributed by atoms with van der Waals surface area (Å²) in [5.74, 6) is 0.471. The van der Waals surface area contributed by atoms with Crippen LogP contribution in [0.2, 0.25) is 0 Å². The summed E-state index contributed by atoms with van der Waals surface area (Å²) in [6.45, 7) is 0.416. The van der Waals surface area contributed by atoms with E-state index in [0.29, 0.717) is 13.0 Å². The number of allylic oxidation sites excluding steroid dienone is 2. The summed E-state index contributed by atoms with van der Waals surface area (Å²) in [6.07, 6.45) is 10.2. The molecule has 4 heteroatoms. The van der Waals surface area contributed by atoms with Gasteiger partial charge in [-0.1, -0.05) is 12.2 Å². The lowest BCUT2D eigenvalue weighted by Crippen LogP contribution is -2.40. The van der Waals surface area contributed by atoms with Gasteiger partial charge in [-0.25, -0.2) is 0 Å². The molecule has 90 valence electrons. The van der Waals surface area contributed by atoms with Crippen molar-refractivity contribution in [1.82, 2.24) is 5.32 Å². The SMILES string of the molecule is C#CCCNC(=O)C1C2C=CC(C2)C1C(=O)O. The third-order valence-electron chi connectivity index (χ3n) is 3.62. The molecule has 1 amide bonds. The van der Waals surface area contributed by atoms with Crippen LogP contribution in [0.4, 0.5) is 0 Å². The monoisotopic (exact) mass is 233 g/mol. The van der Waals surface area contributed by atoms with E-state index in [1.807, 2.05) is 12.2 Å². The Kier molecular flexibility index (Phi) is 3.19. The van der Waals surface area contributed by atoms with Crippen LogP contribution < -0.4 is 5.32 Å². The molecule has 0 aliphatic heterocycles. The number of hydrogen-bond acceptors (Lipinski definition) is 2. The summed E-state index contributed by atoms with van der Waals surface area (Å²) in [4.78, 5) is 23.1. The van der Waals surface area contributed by atoms with Gasteiger partial charge in [0, 0.05) is 13.0 Å². The van der Waals surface area contributed by atoms with E-state index in [1.54, 1.807) is 0 Å². The minimum Gasteiger partial charge on any atom is -0.481 e. The molecule has 2 aliphatic rings. The molecule has 4 atom stereocenters. The number of carboxylic acids is 1. The molecule has 2 bridgehead atoms. The second-order valence-corrected chi connectivity index (χ2v) is 4.58. The molecule has 0 aromatic heterocycles. The van der Waals surface area contributed by atoms with E-state index in [-0.39, 0.29) is 17.7 Å². The third-order valence-corrected chi connectivity index (χ3v) is 3.62. The molecule has 0 aromatic rings. The minimum atomic E-state index is -0.876. The fourth-order valence-electron chi connectivity index (χ4n) is 2.89. The van der Waals surface area contributed by atoms with Gasteiger partial charge in [0.2, 0.25) is 5.91 Å². The zero-order valence-corrected chi connectivity index (χ0v) is 9.43. The molecule has 0 saturated heterocycles. The maximum absolute atomic E-state index is 11.9. The topological polar surface area (TPSA) is 66.4 Å². The van der Waals surface area contributed by atoms with E-state index in [9.17, 15) is 14.7 Å². The van der Waals surface area contributed by atoms with Crippen LogP contribution in [-0.2, 0) is 9.59 Å². The zero-order chi connectivity index (χ0) is 12.4. The molecule has 4 nitrogen and oxygen atoms in total. The largest absolute Gasteiger partial charge is 0.481 e. The fourth-order valence-corrected chi connectivity index (χ4v) is 2.89. The Morgan fingerprint density at radius 3 is 2.59 bits per heavy atom. The highest BCUT2D eigenvalue weighted by Gasteiger charge is 2.51. The summed E-state index contributed by atoms with van der Waals surface area (Å²) in [7, 11) is 0. The van der Waals surface area contributed by atoms with Crippen LogP contribution in [0.3, 0.4) is 0 Å². The van der Waals surface area contributed by atoms with Crippen LogP contribution in [0.1, 0.15) is 12.8 Å². The molecule has 1 saturated carbocycles. The lowest BCUT2D eigenvalue weighted by molar-refractivity contribution is -0.147. The Labute approximate surface area is 100 Å². The first-order valence-electron chi connectivity index (χ1n) is 5.77. The van der Waals surface area contributed by atoms with Crippen molar-refractivity contribution < 1.29 is 14.7 Å². The molecule has 2 aliphatic carbocycles. The maximum Gasteiger partial charge on any atom is 0.307 e. The molecule has 0 heterocycles. The maximum atomic E-state index is 11.9. The lowest BCUT2D eigenvalue weighted by Gasteiger charge is -2.23. The lowest BCUT2D eigenvalue weighted by atomic mass is 9.82. The number of terminal acetylenes is 1.